The Labute approximate surface area is 172 Å². The first-order chi connectivity index (χ1) is 14.6. The summed E-state index contributed by atoms with van der Waals surface area (Å²) in [4.78, 5) is 24.3. The number of pyridine rings is 1. The second-order valence-electron chi connectivity index (χ2n) is 6.97. The first-order valence-electron chi connectivity index (χ1n) is 9.52. The summed E-state index contributed by atoms with van der Waals surface area (Å²) in [6, 6.07) is 17.2. The van der Waals surface area contributed by atoms with Gasteiger partial charge >= 0.3 is 0 Å². The Morgan fingerprint density at radius 3 is 2.67 bits per heavy atom. The highest BCUT2D eigenvalue weighted by atomic mass is 19.1. The highest BCUT2D eigenvalue weighted by molar-refractivity contribution is 5.99. The van der Waals surface area contributed by atoms with Crippen LogP contribution in [0.25, 0.3) is 0 Å². The Kier molecular flexibility index (Phi) is 5.79. The van der Waals surface area contributed by atoms with Crippen molar-refractivity contribution in [3.05, 3.63) is 101 Å². The second-order valence-corrected chi connectivity index (χ2v) is 6.97. The van der Waals surface area contributed by atoms with Gasteiger partial charge in [-0.15, -0.1) is 0 Å². The molecule has 0 spiro atoms. The van der Waals surface area contributed by atoms with E-state index in [1.807, 2.05) is 18.2 Å². The second kappa shape index (κ2) is 8.82. The number of hydrogen-bond acceptors (Lipinski definition) is 4. The molecule has 1 atom stereocenters. The van der Waals surface area contributed by atoms with Crippen LogP contribution in [-0.2, 0) is 11.4 Å². The summed E-state index contributed by atoms with van der Waals surface area (Å²) in [5, 5.41) is 4.09. The molecule has 0 fully saturated rings. The van der Waals surface area contributed by atoms with E-state index in [0.29, 0.717) is 23.4 Å². The molecule has 30 heavy (non-hydrogen) atoms. The lowest BCUT2D eigenvalue weighted by molar-refractivity contribution is 0.0402. The van der Waals surface area contributed by atoms with E-state index in [9.17, 15) is 13.6 Å². The monoisotopic (exact) mass is 407 g/mol. The minimum atomic E-state index is -0.510. The zero-order valence-corrected chi connectivity index (χ0v) is 16.0. The number of hydrogen-bond donors (Lipinski definition) is 0. The van der Waals surface area contributed by atoms with Gasteiger partial charge in [0.1, 0.15) is 17.3 Å². The summed E-state index contributed by atoms with van der Waals surface area (Å²) >= 11 is 0. The van der Waals surface area contributed by atoms with Crippen molar-refractivity contribution in [2.24, 2.45) is 5.16 Å². The number of nitrogens with zero attached hydrogens (tertiary/aromatic N) is 3. The fraction of sp³-hybridized carbons (Fsp3) is 0.174. The molecule has 0 saturated heterocycles. The van der Waals surface area contributed by atoms with Crippen molar-refractivity contribution in [1.29, 1.82) is 0 Å². The van der Waals surface area contributed by atoms with Crippen molar-refractivity contribution in [1.82, 2.24) is 9.88 Å². The van der Waals surface area contributed by atoms with Gasteiger partial charge in [0, 0.05) is 30.3 Å². The van der Waals surface area contributed by atoms with Gasteiger partial charge in [0.2, 0.25) is 0 Å². The zero-order valence-electron chi connectivity index (χ0n) is 16.0. The Bertz CT molecular complexity index is 1070. The van der Waals surface area contributed by atoms with Gasteiger partial charge in [0.05, 0.1) is 12.2 Å². The van der Waals surface area contributed by atoms with Crippen LogP contribution >= 0.6 is 0 Å². The van der Waals surface area contributed by atoms with Crippen LogP contribution in [0.2, 0.25) is 0 Å². The van der Waals surface area contributed by atoms with Crippen molar-refractivity contribution in [3.8, 4) is 0 Å². The van der Waals surface area contributed by atoms with E-state index < -0.39 is 23.6 Å². The summed E-state index contributed by atoms with van der Waals surface area (Å²) in [6.45, 7) is 0.199. The normalized spacial score (nSPS) is 15.4. The molecule has 0 radical (unpaired) electrons. The Balaban J connectivity index is 1.53. The summed E-state index contributed by atoms with van der Waals surface area (Å²) in [6.07, 6.45) is 1.72. The Morgan fingerprint density at radius 2 is 1.90 bits per heavy atom. The van der Waals surface area contributed by atoms with Crippen LogP contribution in [-0.4, -0.2) is 34.2 Å². The molecule has 3 aromatic rings. The lowest BCUT2D eigenvalue weighted by Crippen LogP contribution is -2.37. The minimum Gasteiger partial charge on any atom is -0.390 e. The first-order valence-corrected chi connectivity index (χ1v) is 9.52. The lowest BCUT2D eigenvalue weighted by atomic mass is 10.1. The van der Waals surface area contributed by atoms with Gasteiger partial charge in [-0.25, -0.2) is 8.78 Å². The van der Waals surface area contributed by atoms with Crippen molar-refractivity contribution < 1.29 is 18.4 Å². The number of carbonyl (C=O) groups excluding carboxylic acids is 1. The highest BCUT2D eigenvalue weighted by Crippen LogP contribution is 2.20. The topological polar surface area (TPSA) is 54.8 Å². The third kappa shape index (κ3) is 4.51. The number of amides is 1. The van der Waals surface area contributed by atoms with Crippen LogP contribution in [0.3, 0.4) is 0 Å². The van der Waals surface area contributed by atoms with Crippen molar-refractivity contribution in [3.63, 3.8) is 0 Å². The average molecular weight is 407 g/mol. The Hall–Kier alpha value is -3.61. The molecule has 0 saturated carbocycles. The molecule has 1 aliphatic rings. The van der Waals surface area contributed by atoms with Gasteiger partial charge in [0.15, 0.2) is 6.10 Å². The summed E-state index contributed by atoms with van der Waals surface area (Å²) in [5.74, 6) is -1.33. The van der Waals surface area contributed by atoms with Crippen molar-refractivity contribution in [2.75, 3.05) is 6.54 Å². The number of halogens is 2. The van der Waals surface area contributed by atoms with E-state index in [0.717, 1.165) is 0 Å². The molecule has 152 valence electrons. The van der Waals surface area contributed by atoms with Gasteiger partial charge < -0.3 is 9.74 Å². The van der Waals surface area contributed by atoms with E-state index in [4.69, 9.17) is 4.84 Å². The maximum absolute atomic E-state index is 14.2. The highest BCUT2D eigenvalue weighted by Gasteiger charge is 2.28. The van der Waals surface area contributed by atoms with E-state index in [1.54, 1.807) is 24.4 Å². The molecule has 1 aromatic heterocycles. The molecule has 0 N–H and O–H groups in total. The van der Waals surface area contributed by atoms with Gasteiger partial charge in [-0.05, 0) is 36.4 Å². The predicted molar refractivity (Wildman–Crippen MR) is 108 cm³/mol. The van der Waals surface area contributed by atoms with E-state index >= 15 is 0 Å². The van der Waals surface area contributed by atoms with E-state index in [2.05, 4.69) is 10.1 Å². The first kappa shape index (κ1) is 19.7. The van der Waals surface area contributed by atoms with Crippen LogP contribution in [0, 0.1) is 11.6 Å². The number of carbonyl (C=O) groups is 1. The molecule has 2 aromatic carbocycles. The van der Waals surface area contributed by atoms with Crippen LogP contribution in [0.4, 0.5) is 8.78 Å². The molecule has 0 aliphatic carbocycles. The predicted octanol–water partition coefficient (Wildman–Crippen LogP) is 4.20. The fourth-order valence-electron chi connectivity index (χ4n) is 3.31. The van der Waals surface area contributed by atoms with Crippen LogP contribution in [0.5, 0.6) is 0 Å². The largest absolute Gasteiger partial charge is 0.390 e. The quantitative estimate of drug-likeness (QED) is 0.616. The molecule has 5 nitrogen and oxygen atoms in total. The Morgan fingerprint density at radius 1 is 1.07 bits per heavy atom. The maximum atomic E-state index is 14.2. The summed E-state index contributed by atoms with van der Waals surface area (Å²) in [5.41, 5.74) is 1.95. The van der Waals surface area contributed by atoms with E-state index in [1.165, 1.54) is 35.2 Å². The van der Waals surface area contributed by atoms with Gasteiger partial charge in [-0.1, -0.05) is 35.5 Å². The van der Waals surface area contributed by atoms with E-state index in [-0.39, 0.29) is 18.7 Å². The summed E-state index contributed by atoms with van der Waals surface area (Å²) < 4.78 is 27.9. The average Bonchev–Trinajstić information content (AvgIpc) is 3.23. The number of aromatic nitrogens is 1. The molecular weight excluding hydrogens is 388 g/mol. The standard InChI is InChI=1S/C23H19F2N3O2/c24-18-8-5-7-16(12-18)23(29)28(14-17-6-1-2-9-20(17)25)15-19-13-22(27-30-19)21-10-3-4-11-26-21/h1-12,19H,13-15H2. The van der Waals surface area contributed by atoms with Gasteiger partial charge in [0.25, 0.3) is 5.91 Å². The minimum absolute atomic E-state index is 0.0286. The van der Waals surface area contributed by atoms with Crippen LogP contribution < -0.4 is 0 Å². The molecule has 7 heteroatoms. The number of oxime groups is 1. The van der Waals surface area contributed by atoms with Crippen molar-refractivity contribution in [2.45, 2.75) is 19.1 Å². The molecule has 1 unspecified atom stereocenters. The molecule has 0 bridgehead atoms. The zero-order chi connectivity index (χ0) is 20.9. The van der Waals surface area contributed by atoms with Gasteiger partial charge in [-0.3, -0.25) is 9.78 Å². The number of benzene rings is 2. The SMILES string of the molecule is O=C(c1cccc(F)c1)N(Cc1ccccc1F)CC1CC(c2ccccn2)=NO1. The van der Waals surface area contributed by atoms with Gasteiger partial charge in [-0.2, -0.15) is 0 Å². The molecule has 1 aliphatic heterocycles. The third-order valence-corrected chi connectivity index (χ3v) is 4.80. The van der Waals surface area contributed by atoms with Crippen LogP contribution in [0.1, 0.15) is 28.0 Å². The molecule has 4 rings (SSSR count). The molecular formula is C23H19F2N3O2. The number of rotatable bonds is 6. The summed E-state index contributed by atoms with van der Waals surface area (Å²) in [7, 11) is 0. The smallest absolute Gasteiger partial charge is 0.254 e. The fourth-order valence-corrected chi connectivity index (χ4v) is 3.31. The van der Waals surface area contributed by atoms with Crippen molar-refractivity contribution >= 4 is 11.6 Å². The maximum Gasteiger partial charge on any atom is 0.254 e. The molecule has 2 heterocycles. The van der Waals surface area contributed by atoms with Crippen LogP contribution in [0.15, 0.2) is 78.1 Å². The molecule has 1 amide bonds. The third-order valence-electron chi connectivity index (χ3n) is 4.80. The lowest BCUT2D eigenvalue weighted by Gasteiger charge is -2.25.